The van der Waals surface area contributed by atoms with Crippen LogP contribution in [0.4, 0.5) is 16.2 Å². The Bertz CT molecular complexity index is 1800. The molecule has 2 N–H and O–H groups in total. The van der Waals surface area contributed by atoms with Crippen LogP contribution in [0, 0.1) is 0 Å². The fraction of sp³-hybridized carbons (Fsp3) is 0.278. The van der Waals surface area contributed by atoms with Gasteiger partial charge in [-0.1, -0.05) is 54.6 Å². The molecule has 0 saturated carbocycles. The lowest BCUT2D eigenvalue weighted by Gasteiger charge is -2.26. The Morgan fingerprint density at radius 2 is 1.53 bits per heavy atom. The van der Waals surface area contributed by atoms with Gasteiger partial charge in [-0.25, -0.2) is 13.2 Å². The highest BCUT2D eigenvalue weighted by atomic mass is 32.2. The average Bonchev–Trinajstić information content (AvgIpc) is 3.03. The number of alkyl carbamates (subject to hydrolysis) is 1. The molecule has 0 saturated heterocycles. The van der Waals surface area contributed by atoms with E-state index in [1.165, 1.54) is 18.1 Å². The molecular weight excluding hydrogens is 616 g/mol. The van der Waals surface area contributed by atoms with E-state index in [4.69, 9.17) is 9.47 Å². The number of carbonyl (C=O) groups excluding carboxylic acids is 2. The summed E-state index contributed by atoms with van der Waals surface area (Å²) in [6.45, 7) is 6.69. The fourth-order valence-electron chi connectivity index (χ4n) is 4.84. The number of nitrogens with zero attached hydrogens (tertiary/aromatic N) is 2. The second kappa shape index (κ2) is 15.0. The van der Waals surface area contributed by atoms with Crippen LogP contribution in [0.1, 0.15) is 36.7 Å². The molecule has 0 aromatic heterocycles. The molecule has 11 heteroatoms. The van der Waals surface area contributed by atoms with E-state index >= 15 is 0 Å². The molecule has 0 aliphatic heterocycles. The number of anilines is 2. The summed E-state index contributed by atoms with van der Waals surface area (Å²) in [5.41, 5.74) is 3.33. The number of amides is 2. The van der Waals surface area contributed by atoms with Crippen molar-refractivity contribution < 1.29 is 27.5 Å². The lowest BCUT2D eigenvalue weighted by atomic mass is 10.0. The van der Waals surface area contributed by atoms with Gasteiger partial charge in [0.1, 0.15) is 16.2 Å². The van der Waals surface area contributed by atoms with Crippen LogP contribution in [0.5, 0.6) is 5.75 Å². The molecule has 0 aliphatic rings. The lowest BCUT2D eigenvalue weighted by Crippen LogP contribution is -2.38. The molecule has 4 aromatic rings. The van der Waals surface area contributed by atoms with E-state index in [1.807, 2.05) is 47.4 Å². The van der Waals surface area contributed by atoms with E-state index in [0.29, 0.717) is 42.0 Å². The Labute approximate surface area is 277 Å². The van der Waals surface area contributed by atoms with Crippen molar-refractivity contribution in [2.75, 3.05) is 43.9 Å². The van der Waals surface area contributed by atoms with Gasteiger partial charge < -0.3 is 24.6 Å². The van der Waals surface area contributed by atoms with Crippen molar-refractivity contribution in [2.45, 2.75) is 37.8 Å². The maximum Gasteiger partial charge on any atom is 0.407 e. The van der Waals surface area contributed by atoms with Gasteiger partial charge in [-0.05, 0) is 79.9 Å². The molecule has 0 atom stereocenters. The first-order valence-corrected chi connectivity index (χ1v) is 16.6. The van der Waals surface area contributed by atoms with E-state index < -0.39 is 21.7 Å². The molecule has 0 radical (unpaired) electrons. The molecule has 47 heavy (non-hydrogen) atoms. The Morgan fingerprint density at radius 3 is 2.21 bits per heavy atom. The third-order valence-electron chi connectivity index (χ3n) is 7.03. The summed E-state index contributed by atoms with van der Waals surface area (Å²) in [6.07, 6.45) is -0.508. The topological polar surface area (TPSA) is 117 Å². The van der Waals surface area contributed by atoms with Crippen molar-refractivity contribution >= 4 is 33.4 Å². The third kappa shape index (κ3) is 9.73. The van der Waals surface area contributed by atoms with Crippen molar-refractivity contribution in [1.29, 1.82) is 0 Å². The normalized spacial score (nSPS) is 11.4. The first kappa shape index (κ1) is 34.8. The first-order chi connectivity index (χ1) is 22.3. The highest BCUT2D eigenvalue weighted by molar-refractivity contribution is 7.92. The number of hydrogen-bond acceptors (Lipinski definition) is 7. The molecule has 2 amide bonds. The Kier molecular flexibility index (Phi) is 11.1. The maximum atomic E-state index is 13.8. The van der Waals surface area contributed by atoms with Crippen molar-refractivity contribution in [2.24, 2.45) is 0 Å². The van der Waals surface area contributed by atoms with Crippen LogP contribution < -0.4 is 19.7 Å². The van der Waals surface area contributed by atoms with E-state index in [-0.39, 0.29) is 16.6 Å². The second-order valence-electron chi connectivity index (χ2n) is 12.1. The highest BCUT2D eigenvalue weighted by Crippen LogP contribution is 2.32. The minimum atomic E-state index is -4.12. The van der Waals surface area contributed by atoms with E-state index in [2.05, 4.69) is 10.0 Å². The Balaban J connectivity index is 1.60. The third-order valence-corrected chi connectivity index (χ3v) is 8.43. The number of sulfonamides is 1. The summed E-state index contributed by atoms with van der Waals surface area (Å²) < 4.78 is 41.2. The molecule has 248 valence electrons. The fourth-order valence-corrected chi connectivity index (χ4v) is 6.09. The largest absolute Gasteiger partial charge is 0.495 e. The quantitative estimate of drug-likeness (QED) is 0.181. The zero-order valence-corrected chi connectivity index (χ0v) is 28.4. The molecule has 0 heterocycles. The number of benzene rings is 4. The van der Waals surface area contributed by atoms with Gasteiger partial charge in [-0.3, -0.25) is 9.52 Å². The second-order valence-corrected chi connectivity index (χ2v) is 13.8. The highest BCUT2D eigenvalue weighted by Gasteiger charge is 2.22. The Morgan fingerprint density at radius 1 is 0.830 bits per heavy atom. The zero-order valence-electron chi connectivity index (χ0n) is 27.6. The predicted molar refractivity (Wildman–Crippen MR) is 185 cm³/mol. The van der Waals surface area contributed by atoms with E-state index in [1.54, 1.807) is 83.4 Å². The van der Waals surface area contributed by atoms with Crippen LogP contribution in [0.2, 0.25) is 0 Å². The predicted octanol–water partition coefficient (Wildman–Crippen LogP) is 6.40. The summed E-state index contributed by atoms with van der Waals surface area (Å²) in [4.78, 5) is 28.3. The SMILES string of the molecule is COc1ccc(-c2cccc(C(=O)N(C)C)c2)cc1S(=O)(=O)Nc1cccc(N(CCNC(=O)OC(C)(C)C)Cc2ccccc2)c1. The van der Waals surface area contributed by atoms with Crippen molar-refractivity contribution in [3.63, 3.8) is 0 Å². The van der Waals surface area contributed by atoms with Crippen LogP contribution in [0.3, 0.4) is 0 Å². The van der Waals surface area contributed by atoms with Gasteiger partial charge in [0.15, 0.2) is 0 Å². The zero-order chi connectivity index (χ0) is 34.2. The summed E-state index contributed by atoms with van der Waals surface area (Å²) >= 11 is 0. The van der Waals surface area contributed by atoms with Gasteiger partial charge in [0.05, 0.1) is 12.8 Å². The number of rotatable bonds is 12. The standard InChI is InChI=1S/C36H42N4O6S/c1-36(2,3)46-35(42)37-20-21-40(25-26-12-8-7-9-13-26)31-17-11-16-30(24-31)38-47(43,44)33-23-28(18-19-32(33)45-6)27-14-10-15-29(22-27)34(41)39(4)5/h7-19,22-24,38H,20-21,25H2,1-6H3,(H,37,42). The minimum Gasteiger partial charge on any atom is -0.495 e. The number of carbonyl (C=O) groups is 2. The number of ether oxygens (including phenoxy) is 2. The van der Waals surface area contributed by atoms with Gasteiger partial charge in [-0.15, -0.1) is 0 Å². The summed E-state index contributed by atoms with van der Waals surface area (Å²) in [7, 11) is 0.651. The van der Waals surface area contributed by atoms with Gasteiger partial charge in [-0.2, -0.15) is 0 Å². The van der Waals surface area contributed by atoms with Gasteiger partial charge >= 0.3 is 6.09 Å². The van der Waals surface area contributed by atoms with Crippen molar-refractivity contribution in [1.82, 2.24) is 10.2 Å². The molecule has 0 aliphatic carbocycles. The van der Waals surface area contributed by atoms with E-state index in [9.17, 15) is 18.0 Å². The number of methoxy groups -OCH3 is 1. The summed E-state index contributed by atoms with van der Waals surface area (Å²) in [5.74, 6) is 0.0218. The average molecular weight is 659 g/mol. The van der Waals surface area contributed by atoms with Gasteiger partial charge in [0.2, 0.25) is 0 Å². The molecule has 0 spiro atoms. The maximum absolute atomic E-state index is 13.8. The minimum absolute atomic E-state index is 0.0463. The van der Waals surface area contributed by atoms with Gasteiger partial charge in [0, 0.05) is 45.0 Å². The van der Waals surface area contributed by atoms with Crippen molar-refractivity contribution in [3.8, 4) is 16.9 Å². The van der Waals surface area contributed by atoms with Crippen LogP contribution in [-0.4, -0.2) is 65.2 Å². The number of nitrogens with one attached hydrogen (secondary N) is 2. The van der Waals surface area contributed by atoms with Crippen LogP contribution >= 0.6 is 0 Å². The van der Waals surface area contributed by atoms with E-state index in [0.717, 1.165) is 11.3 Å². The smallest absolute Gasteiger partial charge is 0.407 e. The van der Waals surface area contributed by atoms with Crippen LogP contribution in [0.25, 0.3) is 11.1 Å². The van der Waals surface area contributed by atoms with Crippen LogP contribution in [-0.2, 0) is 21.3 Å². The molecule has 10 nitrogen and oxygen atoms in total. The lowest BCUT2D eigenvalue weighted by molar-refractivity contribution is 0.0529. The van der Waals surface area contributed by atoms with Crippen molar-refractivity contribution in [3.05, 3.63) is 108 Å². The monoisotopic (exact) mass is 658 g/mol. The first-order valence-electron chi connectivity index (χ1n) is 15.1. The van der Waals surface area contributed by atoms with Gasteiger partial charge in [0.25, 0.3) is 15.9 Å². The molecule has 0 bridgehead atoms. The molecule has 0 fully saturated rings. The number of hydrogen-bond donors (Lipinski definition) is 2. The molecule has 4 aromatic carbocycles. The Hall–Kier alpha value is -5.03. The summed E-state index contributed by atoms with van der Waals surface area (Å²) in [6, 6.07) is 28.9. The van der Waals surface area contributed by atoms with Crippen LogP contribution in [0.15, 0.2) is 102 Å². The molecule has 4 rings (SSSR count). The summed E-state index contributed by atoms with van der Waals surface area (Å²) in [5, 5.41) is 2.80. The molecule has 0 unspecified atom stereocenters. The molecular formula is C36H42N4O6S.